The summed E-state index contributed by atoms with van der Waals surface area (Å²) < 4.78 is 5.04. The summed E-state index contributed by atoms with van der Waals surface area (Å²) >= 11 is 0. The van der Waals surface area contributed by atoms with Crippen LogP contribution in [0.5, 0.6) is 0 Å². The molecule has 0 radical (unpaired) electrons. The molecule has 0 rings (SSSR count). The highest BCUT2D eigenvalue weighted by Crippen LogP contribution is 2.14. The molecule has 0 bridgehead atoms. The Morgan fingerprint density at radius 1 is 0.621 bits per heavy atom. The number of aliphatic hydroxyl groups excluding tert-OH is 1. The second kappa shape index (κ2) is 23.7. The highest BCUT2D eigenvalue weighted by atomic mass is 16.5. The third-order valence-electron chi connectivity index (χ3n) is 5.89. The maximum absolute atomic E-state index is 11.5. The maximum Gasteiger partial charge on any atom is 0.305 e. The third kappa shape index (κ3) is 23.6. The Labute approximate surface area is 182 Å². The first-order valence-electron chi connectivity index (χ1n) is 13.0. The third-order valence-corrected chi connectivity index (χ3v) is 5.89. The fourth-order valence-electron chi connectivity index (χ4n) is 3.73. The lowest BCUT2D eigenvalue weighted by molar-refractivity contribution is -0.146. The lowest BCUT2D eigenvalue weighted by Crippen LogP contribution is -2.17. The van der Waals surface area contributed by atoms with Crippen molar-refractivity contribution >= 4 is 5.97 Å². The molecule has 3 nitrogen and oxygen atoms in total. The number of carbonyl (C=O) groups excluding carboxylic acids is 1. The van der Waals surface area contributed by atoms with Crippen LogP contribution in [-0.4, -0.2) is 23.8 Å². The Balaban J connectivity index is 3.11. The van der Waals surface area contributed by atoms with Crippen molar-refractivity contribution in [3.63, 3.8) is 0 Å². The van der Waals surface area contributed by atoms with E-state index in [0.717, 1.165) is 12.8 Å². The van der Waals surface area contributed by atoms with Crippen LogP contribution >= 0.6 is 0 Å². The molecule has 1 atom stereocenters. The molecule has 1 N–H and O–H groups in total. The van der Waals surface area contributed by atoms with Crippen LogP contribution in [-0.2, 0) is 9.53 Å². The van der Waals surface area contributed by atoms with Crippen molar-refractivity contribution in [2.75, 3.05) is 6.61 Å². The molecule has 0 aliphatic heterocycles. The predicted octanol–water partition coefficient (Wildman–Crippen LogP) is 8.12. The fourth-order valence-corrected chi connectivity index (χ4v) is 3.73. The first-order chi connectivity index (χ1) is 14.2. The van der Waals surface area contributed by atoms with Gasteiger partial charge in [0.05, 0.1) is 6.10 Å². The molecular formula is C26H52O3. The van der Waals surface area contributed by atoms with E-state index in [2.05, 4.69) is 6.92 Å². The van der Waals surface area contributed by atoms with Crippen LogP contribution in [0.2, 0.25) is 0 Å². The Morgan fingerprint density at radius 3 is 1.31 bits per heavy atom. The van der Waals surface area contributed by atoms with Crippen LogP contribution in [0.25, 0.3) is 0 Å². The molecule has 0 spiro atoms. The van der Waals surface area contributed by atoms with Gasteiger partial charge in [0.2, 0.25) is 0 Å². The van der Waals surface area contributed by atoms with Crippen molar-refractivity contribution in [1.82, 2.24) is 0 Å². The molecule has 29 heavy (non-hydrogen) atoms. The first-order valence-corrected chi connectivity index (χ1v) is 13.0. The van der Waals surface area contributed by atoms with Gasteiger partial charge in [-0.15, -0.1) is 0 Å². The van der Waals surface area contributed by atoms with Crippen LogP contribution in [0, 0.1) is 0 Å². The zero-order chi connectivity index (χ0) is 21.4. The van der Waals surface area contributed by atoms with Crippen LogP contribution < -0.4 is 0 Å². The van der Waals surface area contributed by atoms with Gasteiger partial charge in [-0.1, -0.05) is 129 Å². The molecule has 0 heterocycles. The van der Waals surface area contributed by atoms with Gasteiger partial charge < -0.3 is 9.84 Å². The molecule has 0 saturated carbocycles. The second-order valence-corrected chi connectivity index (χ2v) is 8.86. The summed E-state index contributed by atoms with van der Waals surface area (Å²) in [5.74, 6) is -0.163. The summed E-state index contributed by atoms with van der Waals surface area (Å²) in [6.07, 6.45) is 26.4. The standard InChI is InChI=1S/C26H52O3/c1-3-5-6-7-8-9-10-11-12-13-14-15-16-17-18-19-20-21-22-23-26(28)29-24-25(27)4-2/h25,27H,3-24H2,1-2H3. The van der Waals surface area contributed by atoms with Gasteiger partial charge in [-0.25, -0.2) is 0 Å². The smallest absolute Gasteiger partial charge is 0.305 e. The fraction of sp³-hybridized carbons (Fsp3) is 0.962. The summed E-state index contributed by atoms with van der Waals surface area (Å²) in [6.45, 7) is 4.32. The molecule has 0 aliphatic carbocycles. The molecule has 0 saturated heterocycles. The first kappa shape index (κ1) is 28.4. The van der Waals surface area contributed by atoms with E-state index in [1.807, 2.05) is 6.92 Å². The van der Waals surface area contributed by atoms with Crippen molar-refractivity contribution < 1.29 is 14.6 Å². The normalized spacial score (nSPS) is 12.2. The van der Waals surface area contributed by atoms with E-state index in [4.69, 9.17) is 4.74 Å². The molecule has 0 fully saturated rings. The lowest BCUT2D eigenvalue weighted by atomic mass is 10.0. The molecule has 0 aromatic heterocycles. The predicted molar refractivity (Wildman–Crippen MR) is 125 cm³/mol. The number of ether oxygens (including phenoxy) is 1. The molecular weight excluding hydrogens is 360 g/mol. The molecule has 1 unspecified atom stereocenters. The van der Waals surface area contributed by atoms with Gasteiger partial charge in [0.1, 0.15) is 6.61 Å². The van der Waals surface area contributed by atoms with Gasteiger partial charge in [0.25, 0.3) is 0 Å². The maximum atomic E-state index is 11.5. The van der Waals surface area contributed by atoms with Crippen molar-refractivity contribution in [1.29, 1.82) is 0 Å². The van der Waals surface area contributed by atoms with Crippen molar-refractivity contribution in [3.05, 3.63) is 0 Å². The summed E-state index contributed by atoms with van der Waals surface area (Å²) in [7, 11) is 0. The minimum Gasteiger partial charge on any atom is -0.463 e. The van der Waals surface area contributed by atoms with Gasteiger partial charge in [-0.3, -0.25) is 4.79 Å². The summed E-state index contributed by atoms with van der Waals surface area (Å²) in [4.78, 5) is 11.5. The van der Waals surface area contributed by atoms with Crippen LogP contribution in [0.3, 0.4) is 0 Å². The molecule has 0 aromatic carbocycles. The van der Waals surface area contributed by atoms with Crippen LogP contribution in [0.4, 0.5) is 0 Å². The van der Waals surface area contributed by atoms with E-state index >= 15 is 0 Å². The number of hydrogen-bond acceptors (Lipinski definition) is 3. The van der Waals surface area contributed by atoms with Gasteiger partial charge in [0.15, 0.2) is 0 Å². The highest BCUT2D eigenvalue weighted by molar-refractivity contribution is 5.69. The number of carbonyl (C=O) groups is 1. The Bertz CT molecular complexity index is 330. The monoisotopic (exact) mass is 412 g/mol. The Kier molecular flexibility index (Phi) is 23.2. The van der Waals surface area contributed by atoms with E-state index in [1.54, 1.807) is 0 Å². The van der Waals surface area contributed by atoms with Crippen LogP contribution in [0.15, 0.2) is 0 Å². The Hall–Kier alpha value is -0.570. The quantitative estimate of drug-likeness (QED) is 0.136. The van der Waals surface area contributed by atoms with Gasteiger partial charge in [0, 0.05) is 6.42 Å². The summed E-state index contributed by atoms with van der Waals surface area (Å²) in [5.41, 5.74) is 0. The number of unbranched alkanes of at least 4 members (excludes halogenated alkanes) is 18. The number of rotatable bonds is 23. The lowest BCUT2D eigenvalue weighted by Gasteiger charge is -2.08. The largest absolute Gasteiger partial charge is 0.463 e. The van der Waals surface area contributed by atoms with Crippen LogP contribution in [0.1, 0.15) is 149 Å². The van der Waals surface area contributed by atoms with Crippen molar-refractivity contribution in [2.24, 2.45) is 0 Å². The molecule has 0 aromatic rings. The van der Waals surface area contributed by atoms with E-state index in [-0.39, 0.29) is 12.6 Å². The number of esters is 1. The van der Waals surface area contributed by atoms with Gasteiger partial charge >= 0.3 is 5.97 Å². The summed E-state index contributed by atoms with van der Waals surface area (Å²) in [6, 6.07) is 0. The topological polar surface area (TPSA) is 46.5 Å². The average Bonchev–Trinajstić information content (AvgIpc) is 2.73. The molecule has 3 heteroatoms. The SMILES string of the molecule is CCCCCCCCCCCCCCCCCCCCCC(=O)OCC(O)CC. The van der Waals surface area contributed by atoms with Gasteiger partial charge in [-0.2, -0.15) is 0 Å². The minimum atomic E-state index is -0.510. The van der Waals surface area contributed by atoms with Crippen molar-refractivity contribution in [2.45, 2.75) is 155 Å². The van der Waals surface area contributed by atoms with E-state index in [0.29, 0.717) is 12.8 Å². The zero-order valence-corrected chi connectivity index (χ0v) is 19.9. The zero-order valence-electron chi connectivity index (χ0n) is 19.9. The molecule has 0 aliphatic rings. The highest BCUT2D eigenvalue weighted by Gasteiger charge is 2.06. The van der Waals surface area contributed by atoms with Crippen molar-refractivity contribution in [3.8, 4) is 0 Å². The van der Waals surface area contributed by atoms with Gasteiger partial charge in [-0.05, 0) is 12.8 Å². The van der Waals surface area contributed by atoms with E-state index in [1.165, 1.54) is 109 Å². The van der Waals surface area contributed by atoms with E-state index < -0.39 is 6.10 Å². The Morgan fingerprint density at radius 2 is 0.966 bits per heavy atom. The second-order valence-electron chi connectivity index (χ2n) is 8.86. The minimum absolute atomic E-state index is 0.147. The summed E-state index contributed by atoms with van der Waals surface area (Å²) in [5, 5.41) is 9.36. The molecule has 0 amide bonds. The van der Waals surface area contributed by atoms with E-state index in [9.17, 15) is 9.90 Å². The number of hydrogen-bond donors (Lipinski definition) is 1. The average molecular weight is 413 g/mol. The molecule has 174 valence electrons. The number of aliphatic hydroxyl groups is 1.